The molecule has 0 radical (unpaired) electrons. The predicted octanol–water partition coefficient (Wildman–Crippen LogP) is 0.579. The Balaban J connectivity index is 2.49. The van der Waals surface area contributed by atoms with Crippen LogP contribution in [0.15, 0.2) is 18.7 Å². The molecule has 5 nitrogen and oxygen atoms in total. The van der Waals surface area contributed by atoms with Crippen molar-refractivity contribution in [3.05, 3.63) is 18.7 Å². The summed E-state index contributed by atoms with van der Waals surface area (Å²) in [6.07, 6.45) is 4.37. The van der Waals surface area contributed by atoms with E-state index in [1.807, 2.05) is 0 Å². The summed E-state index contributed by atoms with van der Waals surface area (Å²) in [5, 5.41) is 4.81. The molecule has 0 spiro atoms. The summed E-state index contributed by atoms with van der Waals surface area (Å²) < 4.78 is 0. The van der Waals surface area contributed by atoms with Gasteiger partial charge in [0.25, 0.3) is 0 Å². The molecule has 0 saturated carbocycles. The molecular formula is C8H8N4O. The number of rotatable bonds is 1. The van der Waals surface area contributed by atoms with E-state index in [0.717, 1.165) is 0 Å². The first-order chi connectivity index (χ1) is 6.33. The molecule has 13 heavy (non-hydrogen) atoms. The molecule has 2 N–H and O–H groups in total. The molecule has 1 heterocycles. The summed E-state index contributed by atoms with van der Waals surface area (Å²) in [5.41, 5.74) is 0.526. The Morgan fingerprint density at radius 3 is 2.77 bits per heavy atom. The molecule has 0 unspecified atom stereocenters. The van der Waals surface area contributed by atoms with Crippen LogP contribution in [-0.2, 0) is 0 Å². The first kappa shape index (κ1) is 9.00. The van der Waals surface area contributed by atoms with Crippen molar-refractivity contribution in [1.29, 1.82) is 0 Å². The summed E-state index contributed by atoms with van der Waals surface area (Å²) in [5.74, 6) is 2.53. The SMILES string of the molecule is CC#CNC(=O)Nc1cncnc1. The van der Waals surface area contributed by atoms with Gasteiger partial charge in [0.15, 0.2) is 0 Å². The summed E-state index contributed by atoms with van der Waals surface area (Å²) in [6.45, 7) is 1.63. The van der Waals surface area contributed by atoms with Gasteiger partial charge in [0, 0.05) is 6.04 Å². The second-order valence-corrected chi connectivity index (χ2v) is 2.08. The summed E-state index contributed by atoms with van der Waals surface area (Å²) in [4.78, 5) is 18.4. The Bertz CT molecular complexity index is 338. The molecule has 5 heteroatoms. The topological polar surface area (TPSA) is 66.9 Å². The largest absolute Gasteiger partial charge is 0.330 e. The average Bonchev–Trinajstić information content (AvgIpc) is 2.16. The molecule has 1 aromatic rings. The van der Waals surface area contributed by atoms with E-state index < -0.39 is 6.03 Å². The molecule has 0 aliphatic carbocycles. The molecule has 0 aliphatic rings. The molecule has 2 amide bonds. The number of carbonyl (C=O) groups excluding carboxylic acids is 1. The molecule has 1 rings (SSSR count). The minimum atomic E-state index is -0.399. The zero-order valence-corrected chi connectivity index (χ0v) is 7.03. The van der Waals surface area contributed by atoms with Gasteiger partial charge in [-0.05, 0) is 6.92 Å². The highest BCUT2D eigenvalue weighted by Gasteiger charge is 1.97. The Labute approximate surface area is 75.6 Å². The first-order valence-electron chi connectivity index (χ1n) is 3.56. The van der Waals surface area contributed by atoms with Gasteiger partial charge in [0.1, 0.15) is 6.33 Å². The van der Waals surface area contributed by atoms with Crippen LogP contribution < -0.4 is 10.6 Å². The van der Waals surface area contributed by atoms with Crippen LogP contribution in [0.2, 0.25) is 0 Å². The number of nitrogens with zero attached hydrogens (tertiary/aromatic N) is 2. The zero-order valence-electron chi connectivity index (χ0n) is 7.03. The lowest BCUT2D eigenvalue weighted by Crippen LogP contribution is -2.24. The van der Waals surface area contributed by atoms with Crippen molar-refractivity contribution in [3.63, 3.8) is 0 Å². The molecule has 0 bridgehead atoms. The molecule has 0 aliphatic heterocycles. The van der Waals surface area contributed by atoms with Crippen molar-refractivity contribution in [2.75, 3.05) is 5.32 Å². The maximum atomic E-state index is 11.0. The van der Waals surface area contributed by atoms with Gasteiger partial charge in [0.2, 0.25) is 0 Å². The van der Waals surface area contributed by atoms with Crippen LogP contribution in [0.3, 0.4) is 0 Å². The third-order valence-corrected chi connectivity index (χ3v) is 1.12. The second-order valence-electron chi connectivity index (χ2n) is 2.08. The molecule has 1 aromatic heterocycles. The number of anilines is 1. The number of aromatic nitrogens is 2. The number of urea groups is 1. The normalized spacial score (nSPS) is 8.08. The molecule has 0 fully saturated rings. The van der Waals surface area contributed by atoms with Crippen molar-refractivity contribution < 1.29 is 4.79 Å². The van der Waals surface area contributed by atoms with Crippen molar-refractivity contribution in [2.24, 2.45) is 0 Å². The van der Waals surface area contributed by atoms with E-state index in [1.165, 1.54) is 18.7 Å². The van der Waals surface area contributed by atoms with Crippen LogP contribution in [0.25, 0.3) is 0 Å². The fourth-order valence-electron chi connectivity index (χ4n) is 0.645. The van der Waals surface area contributed by atoms with Crippen molar-refractivity contribution >= 4 is 11.7 Å². The summed E-state index contributed by atoms with van der Waals surface area (Å²) in [6, 6.07) is 2.02. The molecule has 0 saturated heterocycles. The number of hydrogen-bond donors (Lipinski definition) is 2. The van der Waals surface area contributed by atoms with Crippen LogP contribution in [0.4, 0.5) is 10.5 Å². The lowest BCUT2D eigenvalue weighted by atomic mass is 10.5. The lowest BCUT2D eigenvalue weighted by Gasteiger charge is -2.00. The van der Waals surface area contributed by atoms with E-state index in [4.69, 9.17) is 0 Å². The van der Waals surface area contributed by atoms with E-state index >= 15 is 0 Å². The van der Waals surface area contributed by atoms with Crippen molar-refractivity contribution in [3.8, 4) is 12.0 Å². The molecular weight excluding hydrogens is 168 g/mol. The van der Waals surface area contributed by atoms with Gasteiger partial charge >= 0.3 is 6.03 Å². The Morgan fingerprint density at radius 1 is 1.46 bits per heavy atom. The highest BCUT2D eigenvalue weighted by molar-refractivity contribution is 5.89. The van der Waals surface area contributed by atoms with Gasteiger partial charge in [-0.2, -0.15) is 0 Å². The second kappa shape index (κ2) is 4.72. The number of carbonyl (C=O) groups is 1. The molecule has 0 aromatic carbocycles. The van der Waals surface area contributed by atoms with Crippen molar-refractivity contribution in [1.82, 2.24) is 15.3 Å². The number of amides is 2. The fourth-order valence-corrected chi connectivity index (χ4v) is 0.645. The maximum absolute atomic E-state index is 11.0. The average molecular weight is 176 g/mol. The van der Waals surface area contributed by atoms with Crippen LogP contribution in [0, 0.1) is 12.0 Å². The van der Waals surface area contributed by atoms with Crippen molar-refractivity contribution in [2.45, 2.75) is 6.92 Å². The third-order valence-electron chi connectivity index (χ3n) is 1.12. The van der Waals surface area contributed by atoms with Crippen LogP contribution in [0.5, 0.6) is 0 Å². The number of hydrogen-bond acceptors (Lipinski definition) is 3. The van der Waals surface area contributed by atoms with Gasteiger partial charge < -0.3 is 5.32 Å². The minimum absolute atomic E-state index is 0.399. The molecule has 66 valence electrons. The van der Waals surface area contributed by atoms with Crippen LogP contribution >= 0.6 is 0 Å². The van der Waals surface area contributed by atoms with Gasteiger partial charge in [-0.3, -0.25) is 5.32 Å². The monoisotopic (exact) mass is 176 g/mol. The van der Waals surface area contributed by atoms with Gasteiger partial charge in [-0.25, -0.2) is 14.8 Å². The van der Waals surface area contributed by atoms with Gasteiger partial charge in [0.05, 0.1) is 18.1 Å². The first-order valence-corrected chi connectivity index (χ1v) is 3.56. The van der Waals surface area contributed by atoms with Crippen LogP contribution in [-0.4, -0.2) is 16.0 Å². The predicted molar refractivity (Wildman–Crippen MR) is 47.6 cm³/mol. The minimum Gasteiger partial charge on any atom is -0.304 e. The van der Waals surface area contributed by atoms with E-state index in [0.29, 0.717) is 5.69 Å². The summed E-state index contributed by atoms with van der Waals surface area (Å²) in [7, 11) is 0. The third kappa shape index (κ3) is 3.20. The maximum Gasteiger partial charge on any atom is 0.330 e. The van der Waals surface area contributed by atoms with Gasteiger partial charge in [-0.15, -0.1) is 0 Å². The van der Waals surface area contributed by atoms with E-state index in [-0.39, 0.29) is 0 Å². The van der Waals surface area contributed by atoms with E-state index in [2.05, 4.69) is 32.6 Å². The number of nitrogens with one attached hydrogen (secondary N) is 2. The highest BCUT2D eigenvalue weighted by atomic mass is 16.2. The Hall–Kier alpha value is -2.09. The quantitative estimate of drug-likeness (QED) is 0.485. The highest BCUT2D eigenvalue weighted by Crippen LogP contribution is 1.98. The Kier molecular flexibility index (Phi) is 3.27. The lowest BCUT2D eigenvalue weighted by molar-refractivity contribution is 0.255. The van der Waals surface area contributed by atoms with Crippen LogP contribution in [0.1, 0.15) is 6.92 Å². The van der Waals surface area contributed by atoms with Gasteiger partial charge in [-0.1, -0.05) is 5.92 Å². The Morgan fingerprint density at radius 2 is 2.15 bits per heavy atom. The fraction of sp³-hybridized carbons (Fsp3) is 0.125. The smallest absolute Gasteiger partial charge is 0.304 e. The van der Waals surface area contributed by atoms with E-state index in [1.54, 1.807) is 6.92 Å². The zero-order chi connectivity index (χ0) is 9.52. The molecule has 0 atom stereocenters. The summed E-state index contributed by atoms with van der Waals surface area (Å²) >= 11 is 0. The standard InChI is InChI=1S/C8H8N4O/c1-2-3-11-8(13)12-7-4-9-6-10-5-7/h4-6H,1H3,(H2,11,12,13). The van der Waals surface area contributed by atoms with E-state index in [9.17, 15) is 4.79 Å².